The second-order valence-corrected chi connectivity index (χ2v) is 12.6. The van der Waals surface area contributed by atoms with Crippen molar-refractivity contribution in [3.8, 4) is 11.5 Å². The fourth-order valence-corrected chi connectivity index (χ4v) is 6.49. The van der Waals surface area contributed by atoms with Crippen molar-refractivity contribution < 1.29 is 32.9 Å². The number of benzene rings is 3. The summed E-state index contributed by atoms with van der Waals surface area (Å²) in [5.74, 6) is -0.601. The Bertz CT molecular complexity index is 1860. The van der Waals surface area contributed by atoms with E-state index in [1.807, 2.05) is 12.1 Å². The van der Waals surface area contributed by atoms with Crippen molar-refractivity contribution in [3.05, 3.63) is 134 Å². The van der Waals surface area contributed by atoms with Gasteiger partial charge in [0.15, 0.2) is 11.5 Å². The van der Waals surface area contributed by atoms with Crippen LogP contribution < -0.4 is 14.8 Å². The number of carbonyl (C=O) groups is 2. The van der Waals surface area contributed by atoms with Crippen LogP contribution in [0.15, 0.2) is 90.8 Å². The number of hydrogen-bond acceptors (Lipinski definition) is 9. The molecule has 2 bridgehead atoms. The Morgan fingerprint density at radius 3 is 2.41 bits per heavy atom. The molecule has 1 fully saturated rings. The number of nitrogens with one attached hydrogen (secondary N) is 1. The number of ether oxygens (including phenoxy) is 4. The summed E-state index contributed by atoms with van der Waals surface area (Å²) in [4.78, 5) is 33.3. The fraction of sp³-hybridized carbons (Fsp3) is 0.270. The number of nitrogens with zero attached hydrogens (tertiary/aromatic N) is 2. The van der Waals surface area contributed by atoms with Gasteiger partial charge in [-0.3, -0.25) is 15.2 Å². The van der Waals surface area contributed by atoms with E-state index in [1.54, 1.807) is 48.5 Å². The lowest BCUT2D eigenvalue weighted by Gasteiger charge is -2.41. The van der Waals surface area contributed by atoms with Gasteiger partial charge < -0.3 is 18.9 Å². The highest BCUT2D eigenvalue weighted by Crippen LogP contribution is 2.35. The average molecular weight is 707 g/mol. The van der Waals surface area contributed by atoms with E-state index in [2.05, 4.69) is 15.2 Å². The van der Waals surface area contributed by atoms with Crippen molar-refractivity contribution in [2.75, 3.05) is 33.9 Å². The van der Waals surface area contributed by atoms with Gasteiger partial charge in [-0.05, 0) is 70.3 Å². The van der Waals surface area contributed by atoms with Crippen molar-refractivity contribution in [1.82, 2.24) is 15.2 Å². The molecule has 49 heavy (non-hydrogen) atoms. The molecule has 1 saturated heterocycles. The Hall–Kier alpha value is -4.48. The Kier molecular flexibility index (Phi) is 10.8. The van der Waals surface area contributed by atoms with E-state index in [1.165, 1.54) is 44.3 Å². The maximum atomic E-state index is 14.2. The van der Waals surface area contributed by atoms with Crippen LogP contribution in [0.3, 0.4) is 0 Å². The monoisotopic (exact) mass is 705 g/mol. The molecule has 3 aliphatic heterocycles. The zero-order valence-corrected chi connectivity index (χ0v) is 28.3. The highest BCUT2D eigenvalue weighted by molar-refractivity contribution is 6.35. The van der Waals surface area contributed by atoms with Crippen LogP contribution in [0.25, 0.3) is 0 Å². The first kappa shape index (κ1) is 34.4. The Morgan fingerprint density at radius 2 is 1.71 bits per heavy atom. The zero-order valence-electron chi connectivity index (χ0n) is 26.8. The van der Waals surface area contributed by atoms with E-state index in [0.29, 0.717) is 50.3 Å². The standard InChI is InChI=1S/C37H34Cl2FN3O6/c1-46-32-10-9-24(14-34(32)47-2)33(15-29-30(38)17-41-18-31(29)39)49-36(44)26-7-3-5-22(11-26)16-42-35(25-6-4-8-27(40)13-25)37(45)48-28-12-23-19-43(20-23)21-28/h3-14,17-18,28,33,35,42H,15-16,19-21H2,1-2H3/t28-,33+,35?/m1/s1. The summed E-state index contributed by atoms with van der Waals surface area (Å²) in [7, 11) is 3.05. The van der Waals surface area contributed by atoms with Crippen LogP contribution in [0.1, 0.15) is 44.8 Å². The Morgan fingerprint density at radius 1 is 0.959 bits per heavy atom. The maximum Gasteiger partial charge on any atom is 0.338 e. The minimum absolute atomic E-state index is 0.162. The molecule has 12 heteroatoms. The molecule has 0 aliphatic carbocycles. The van der Waals surface area contributed by atoms with Gasteiger partial charge in [-0.1, -0.05) is 53.5 Å². The predicted molar refractivity (Wildman–Crippen MR) is 182 cm³/mol. The number of methoxy groups -OCH3 is 2. The van der Waals surface area contributed by atoms with Gasteiger partial charge in [0.1, 0.15) is 24.1 Å². The highest BCUT2D eigenvalue weighted by atomic mass is 35.5. The third-order valence-corrected chi connectivity index (χ3v) is 9.09. The lowest BCUT2D eigenvalue weighted by Crippen LogP contribution is -2.50. The zero-order chi connectivity index (χ0) is 34.5. The molecule has 3 aliphatic rings. The third kappa shape index (κ3) is 8.22. The van der Waals surface area contributed by atoms with Gasteiger partial charge in [0.25, 0.3) is 0 Å². The minimum Gasteiger partial charge on any atom is -0.493 e. The molecule has 0 spiro atoms. The SMILES string of the molecule is COc1ccc([C@H](Cc2c(Cl)cncc2Cl)OC(=O)c2cccc(CNC(C(=O)O[C@@H]3C=C4CN(C4)C3)c3cccc(F)c3)c2)cc1OC. The molecule has 0 amide bonds. The van der Waals surface area contributed by atoms with Crippen molar-refractivity contribution >= 4 is 35.1 Å². The van der Waals surface area contributed by atoms with Crippen molar-refractivity contribution in [1.29, 1.82) is 0 Å². The second-order valence-electron chi connectivity index (χ2n) is 11.8. The Labute approximate surface area is 293 Å². The highest BCUT2D eigenvalue weighted by Gasteiger charge is 2.33. The first-order chi connectivity index (χ1) is 23.7. The van der Waals surface area contributed by atoms with Gasteiger partial charge in [-0.2, -0.15) is 0 Å². The van der Waals surface area contributed by atoms with E-state index in [4.69, 9.17) is 42.1 Å². The number of carbonyl (C=O) groups excluding carboxylic acids is 2. The van der Waals surface area contributed by atoms with Crippen molar-refractivity contribution in [2.24, 2.45) is 0 Å². The molecule has 7 rings (SSSR count). The number of halogens is 3. The van der Waals surface area contributed by atoms with E-state index in [9.17, 15) is 14.0 Å². The number of hydrogen-bond donors (Lipinski definition) is 1. The molecule has 9 nitrogen and oxygen atoms in total. The van der Waals surface area contributed by atoms with Gasteiger partial charge in [0.2, 0.25) is 0 Å². The lowest BCUT2D eigenvalue weighted by molar-refractivity contribution is -0.151. The maximum absolute atomic E-state index is 14.2. The summed E-state index contributed by atoms with van der Waals surface area (Å²) < 4.78 is 37.0. The van der Waals surface area contributed by atoms with Crippen LogP contribution in [-0.2, 0) is 27.2 Å². The topological polar surface area (TPSA) is 99.2 Å². The molecule has 254 valence electrons. The van der Waals surface area contributed by atoms with Crippen LogP contribution in [0.2, 0.25) is 10.0 Å². The Balaban J connectivity index is 1.20. The van der Waals surface area contributed by atoms with Crippen molar-refractivity contribution in [3.63, 3.8) is 0 Å². The van der Waals surface area contributed by atoms with Crippen molar-refractivity contribution in [2.45, 2.75) is 31.2 Å². The van der Waals surface area contributed by atoms with Crippen LogP contribution in [0, 0.1) is 5.82 Å². The molecular weight excluding hydrogens is 672 g/mol. The first-order valence-electron chi connectivity index (χ1n) is 15.6. The van der Waals surface area contributed by atoms with Gasteiger partial charge in [-0.25, -0.2) is 14.0 Å². The quantitative estimate of drug-likeness (QED) is 0.121. The van der Waals surface area contributed by atoms with E-state index in [-0.39, 0.29) is 24.6 Å². The molecule has 1 unspecified atom stereocenters. The summed E-state index contributed by atoms with van der Waals surface area (Å²) in [6.07, 6.45) is 3.93. The van der Waals surface area contributed by atoms with Gasteiger partial charge >= 0.3 is 11.9 Å². The number of pyridine rings is 1. The van der Waals surface area contributed by atoms with E-state index in [0.717, 1.165) is 13.1 Å². The number of fused-ring (bicyclic) bond motifs is 2. The van der Waals surface area contributed by atoms with Crippen LogP contribution in [0.4, 0.5) is 4.39 Å². The van der Waals surface area contributed by atoms with Crippen LogP contribution in [0.5, 0.6) is 11.5 Å². The molecule has 4 aromatic rings. The number of esters is 2. The summed E-state index contributed by atoms with van der Waals surface area (Å²) in [5.41, 5.74) is 3.84. The number of rotatable bonds is 13. The largest absolute Gasteiger partial charge is 0.493 e. The van der Waals surface area contributed by atoms with E-state index < -0.39 is 29.9 Å². The third-order valence-electron chi connectivity index (χ3n) is 8.44. The summed E-state index contributed by atoms with van der Waals surface area (Å²) in [6, 6.07) is 17.0. The van der Waals surface area contributed by atoms with Crippen LogP contribution in [-0.4, -0.2) is 61.8 Å². The summed E-state index contributed by atoms with van der Waals surface area (Å²) in [5, 5.41) is 3.88. The molecule has 3 aromatic carbocycles. The molecule has 1 aromatic heterocycles. The average Bonchev–Trinajstić information content (AvgIpc) is 3.09. The number of aromatic nitrogens is 1. The van der Waals surface area contributed by atoms with Gasteiger partial charge in [0.05, 0.1) is 29.8 Å². The molecule has 4 heterocycles. The van der Waals surface area contributed by atoms with E-state index >= 15 is 0 Å². The summed E-state index contributed by atoms with van der Waals surface area (Å²) >= 11 is 12.9. The lowest BCUT2D eigenvalue weighted by atomic mass is 9.99. The molecule has 1 N–H and O–H groups in total. The van der Waals surface area contributed by atoms with Gasteiger partial charge in [0, 0.05) is 45.0 Å². The molecular formula is C37H34Cl2FN3O6. The van der Waals surface area contributed by atoms with Gasteiger partial charge in [-0.15, -0.1) is 0 Å². The first-order valence-corrected chi connectivity index (χ1v) is 16.4. The summed E-state index contributed by atoms with van der Waals surface area (Å²) in [6.45, 7) is 2.60. The normalized spacial score (nSPS) is 17.6. The molecule has 0 radical (unpaired) electrons. The molecule has 0 saturated carbocycles. The fourth-order valence-electron chi connectivity index (χ4n) is 5.97. The minimum atomic E-state index is -0.942. The van der Waals surface area contributed by atoms with Crippen LogP contribution >= 0.6 is 23.2 Å². The second kappa shape index (κ2) is 15.4. The smallest absolute Gasteiger partial charge is 0.338 e. The predicted octanol–water partition coefficient (Wildman–Crippen LogP) is 6.68. The molecule has 3 atom stereocenters.